The van der Waals surface area contributed by atoms with Crippen LogP contribution in [0.15, 0.2) is 0 Å². The first-order valence-electron chi connectivity index (χ1n) is 6.29. The number of carbonyl (C=O) groups is 2. The molecule has 17 heavy (non-hydrogen) atoms. The van der Waals surface area contributed by atoms with Gasteiger partial charge in [0, 0.05) is 19.1 Å². The first-order valence-corrected chi connectivity index (χ1v) is 6.29. The number of hydrogen-bond donors (Lipinski definition) is 2. The molecule has 1 saturated carbocycles. The Balaban J connectivity index is 2.42. The third-order valence-electron chi connectivity index (χ3n) is 3.43. The van der Waals surface area contributed by atoms with Crippen LogP contribution in [0.3, 0.4) is 0 Å². The Morgan fingerprint density at radius 3 is 2.47 bits per heavy atom. The van der Waals surface area contributed by atoms with Gasteiger partial charge in [0.25, 0.3) is 0 Å². The molecule has 0 aromatic rings. The molecule has 1 fully saturated rings. The monoisotopic (exact) mass is 242 g/mol. The highest BCUT2D eigenvalue weighted by molar-refractivity contribution is 5.76. The van der Waals surface area contributed by atoms with Gasteiger partial charge in [-0.2, -0.15) is 0 Å². The third kappa shape index (κ3) is 4.24. The Kier molecular flexibility index (Phi) is 5.25. The van der Waals surface area contributed by atoms with Gasteiger partial charge in [-0.1, -0.05) is 19.8 Å². The smallest absolute Gasteiger partial charge is 0.317 e. The standard InChI is InChI=1S/C12H22N2O3/c1-3-9(8-11(15)16)13-12(17)14(2)10-6-4-5-7-10/h9-10H,3-8H2,1-2H3,(H,13,17)(H,15,16). The number of rotatable bonds is 5. The van der Waals surface area contributed by atoms with Gasteiger partial charge in [-0.05, 0) is 19.3 Å². The van der Waals surface area contributed by atoms with Gasteiger partial charge >= 0.3 is 12.0 Å². The molecule has 1 aliphatic carbocycles. The van der Waals surface area contributed by atoms with E-state index < -0.39 is 5.97 Å². The Morgan fingerprint density at radius 1 is 1.41 bits per heavy atom. The maximum Gasteiger partial charge on any atom is 0.317 e. The first kappa shape index (κ1) is 13.8. The van der Waals surface area contributed by atoms with Crippen molar-refractivity contribution >= 4 is 12.0 Å². The van der Waals surface area contributed by atoms with Crippen LogP contribution in [-0.4, -0.2) is 41.1 Å². The van der Waals surface area contributed by atoms with Crippen LogP contribution in [0.2, 0.25) is 0 Å². The minimum Gasteiger partial charge on any atom is -0.481 e. The largest absolute Gasteiger partial charge is 0.481 e. The summed E-state index contributed by atoms with van der Waals surface area (Å²) < 4.78 is 0. The minimum atomic E-state index is -0.874. The van der Waals surface area contributed by atoms with E-state index in [0.717, 1.165) is 12.8 Å². The molecule has 0 aromatic heterocycles. The Bertz CT molecular complexity index is 275. The summed E-state index contributed by atoms with van der Waals surface area (Å²) in [5.41, 5.74) is 0. The molecule has 5 heteroatoms. The molecular formula is C12H22N2O3. The molecule has 2 N–H and O–H groups in total. The molecule has 0 spiro atoms. The fourth-order valence-corrected chi connectivity index (χ4v) is 2.24. The van der Waals surface area contributed by atoms with Crippen molar-refractivity contribution in [2.75, 3.05) is 7.05 Å². The van der Waals surface area contributed by atoms with Gasteiger partial charge in [0.1, 0.15) is 0 Å². The Morgan fingerprint density at radius 2 is 2.00 bits per heavy atom. The van der Waals surface area contributed by atoms with Gasteiger partial charge in [-0.15, -0.1) is 0 Å². The van der Waals surface area contributed by atoms with E-state index >= 15 is 0 Å². The lowest BCUT2D eigenvalue weighted by Crippen LogP contribution is -2.47. The second-order valence-electron chi connectivity index (χ2n) is 4.70. The van der Waals surface area contributed by atoms with Crippen molar-refractivity contribution in [2.24, 2.45) is 0 Å². The summed E-state index contributed by atoms with van der Waals surface area (Å²) in [4.78, 5) is 24.2. The van der Waals surface area contributed by atoms with E-state index in [2.05, 4.69) is 5.32 Å². The zero-order valence-electron chi connectivity index (χ0n) is 10.6. The molecule has 2 amide bonds. The number of nitrogens with one attached hydrogen (secondary N) is 1. The molecule has 0 saturated heterocycles. The lowest BCUT2D eigenvalue weighted by atomic mass is 10.1. The summed E-state index contributed by atoms with van der Waals surface area (Å²) >= 11 is 0. The number of urea groups is 1. The number of aliphatic carboxylic acids is 1. The summed E-state index contributed by atoms with van der Waals surface area (Å²) in [5, 5.41) is 11.5. The van der Waals surface area contributed by atoms with Crippen LogP contribution in [0.5, 0.6) is 0 Å². The predicted molar refractivity (Wildman–Crippen MR) is 64.9 cm³/mol. The molecule has 5 nitrogen and oxygen atoms in total. The molecular weight excluding hydrogens is 220 g/mol. The van der Waals surface area contributed by atoms with Crippen molar-refractivity contribution in [3.8, 4) is 0 Å². The second-order valence-corrected chi connectivity index (χ2v) is 4.70. The zero-order valence-corrected chi connectivity index (χ0v) is 10.6. The molecule has 98 valence electrons. The number of nitrogens with zero attached hydrogens (tertiary/aromatic N) is 1. The molecule has 0 aromatic carbocycles. The number of carboxylic acid groups (broad SMARTS) is 1. The highest BCUT2D eigenvalue weighted by Gasteiger charge is 2.24. The van der Waals surface area contributed by atoms with Crippen LogP contribution in [0, 0.1) is 0 Å². The van der Waals surface area contributed by atoms with E-state index in [1.807, 2.05) is 6.92 Å². The molecule has 0 radical (unpaired) electrons. The molecule has 0 bridgehead atoms. The summed E-state index contributed by atoms with van der Waals surface area (Å²) in [6.45, 7) is 1.88. The minimum absolute atomic E-state index is 0.0131. The predicted octanol–water partition coefficient (Wildman–Crippen LogP) is 1.82. The average molecular weight is 242 g/mol. The van der Waals surface area contributed by atoms with Gasteiger partial charge in [0.05, 0.1) is 6.42 Å². The van der Waals surface area contributed by atoms with Gasteiger partial charge in [0.2, 0.25) is 0 Å². The van der Waals surface area contributed by atoms with E-state index in [1.165, 1.54) is 12.8 Å². The Labute approximate surface area is 102 Å². The van der Waals surface area contributed by atoms with Crippen molar-refractivity contribution in [3.05, 3.63) is 0 Å². The summed E-state index contributed by atoms with van der Waals surface area (Å²) in [5.74, 6) is -0.874. The maximum atomic E-state index is 11.9. The van der Waals surface area contributed by atoms with Gasteiger partial charge < -0.3 is 15.3 Å². The van der Waals surface area contributed by atoms with E-state index in [1.54, 1.807) is 11.9 Å². The SMILES string of the molecule is CCC(CC(=O)O)NC(=O)N(C)C1CCCC1. The lowest BCUT2D eigenvalue weighted by Gasteiger charge is -2.27. The summed E-state index contributed by atoms with van der Waals surface area (Å²) in [7, 11) is 1.79. The molecule has 1 unspecified atom stereocenters. The second kappa shape index (κ2) is 6.47. The van der Waals surface area contributed by atoms with E-state index in [0.29, 0.717) is 12.5 Å². The van der Waals surface area contributed by atoms with Crippen LogP contribution >= 0.6 is 0 Å². The van der Waals surface area contributed by atoms with Crippen LogP contribution < -0.4 is 5.32 Å². The number of amides is 2. The van der Waals surface area contributed by atoms with Crippen molar-refractivity contribution in [2.45, 2.75) is 57.5 Å². The fraction of sp³-hybridized carbons (Fsp3) is 0.833. The third-order valence-corrected chi connectivity index (χ3v) is 3.43. The summed E-state index contributed by atoms with van der Waals surface area (Å²) in [6, 6.07) is -0.105. The molecule has 1 aliphatic rings. The van der Waals surface area contributed by atoms with E-state index in [9.17, 15) is 9.59 Å². The fourth-order valence-electron chi connectivity index (χ4n) is 2.24. The van der Waals surface area contributed by atoms with Crippen LogP contribution in [0.25, 0.3) is 0 Å². The Hall–Kier alpha value is -1.26. The number of carbonyl (C=O) groups excluding carboxylic acids is 1. The highest BCUT2D eigenvalue weighted by atomic mass is 16.4. The summed E-state index contributed by atoms with van der Waals surface area (Å²) in [6.07, 6.45) is 5.08. The lowest BCUT2D eigenvalue weighted by molar-refractivity contribution is -0.137. The van der Waals surface area contributed by atoms with Crippen molar-refractivity contribution in [1.82, 2.24) is 10.2 Å². The van der Waals surface area contributed by atoms with Crippen molar-refractivity contribution in [1.29, 1.82) is 0 Å². The van der Waals surface area contributed by atoms with E-state index in [-0.39, 0.29) is 18.5 Å². The van der Waals surface area contributed by atoms with Gasteiger partial charge in [0.15, 0.2) is 0 Å². The van der Waals surface area contributed by atoms with Gasteiger partial charge in [-0.25, -0.2) is 4.79 Å². The van der Waals surface area contributed by atoms with Crippen LogP contribution in [-0.2, 0) is 4.79 Å². The number of hydrogen-bond acceptors (Lipinski definition) is 2. The van der Waals surface area contributed by atoms with Gasteiger partial charge in [-0.3, -0.25) is 4.79 Å². The molecule has 0 aliphatic heterocycles. The topological polar surface area (TPSA) is 69.6 Å². The normalized spacial score (nSPS) is 17.8. The highest BCUT2D eigenvalue weighted by Crippen LogP contribution is 2.22. The quantitative estimate of drug-likeness (QED) is 0.772. The van der Waals surface area contributed by atoms with Crippen LogP contribution in [0.4, 0.5) is 4.79 Å². The number of carboxylic acids is 1. The average Bonchev–Trinajstić information content (AvgIpc) is 2.79. The van der Waals surface area contributed by atoms with Crippen LogP contribution in [0.1, 0.15) is 45.4 Å². The van der Waals surface area contributed by atoms with Crippen molar-refractivity contribution in [3.63, 3.8) is 0 Å². The molecule has 1 rings (SSSR count). The molecule has 0 heterocycles. The maximum absolute atomic E-state index is 11.9. The first-order chi connectivity index (χ1) is 8.04. The molecule has 1 atom stereocenters. The van der Waals surface area contributed by atoms with Crippen molar-refractivity contribution < 1.29 is 14.7 Å². The van der Waals surface area contributed by atoms with E-state index in [4.69, 9.17) is 5.11 Å². The zero-order chi connectivity index (χ0) is 12.8.